The molecule has 0 spiro atoms. The molecule has 1 heterocycles. The Morgan fingerprint density at radius 1 is 1.69 bits per heavy atom. The zero-order valence-corrected chi connectivity index (χ0v) is 9.15. The van der Waals surface area contributed by atoms with Crippen molar-refractivity contribution in [2.24, 2.45) is 0 Å². The van der Waals surface area contributed by atoms with Gasteiger partial charge in [0.05, 0.1) is 5.25 Å². The summed E-state index contributed by atoms with van der Waals surface area (Å²) in [4.78, 5) is 17.8. The molecule has 90 valence electrons. The van der Waals surface area contributed by atoms with Gasteiger partial charge in [-0.15, -0.1) is 0 Å². The summed E-state index contributed by atoms with van der Waals surface area (Å²) in [5, 5.41) is 1.67. The third-order valence-electron chi connectivity index (χ3n) is 1.59. The van der Waals surface area contributed by atoms with E-state index >= 15 is 0 Å². The van der Waals surface area contributed by atoms with Crippen molar-refractivity contribution < 1.29 is 18.0 Å². The molecule has 0 fully saturated rings. The summed E-state index contributed by atoms with van der Waals surface area (Å²) in [6.45, 7) is 0.202. The first kappa shape index (κ1) is 12.9. The van der Waals surface area contributed by atoms with E-state index in [1.165, 1.54) is 13.1 Å². The average molecular weight is 253 g/mol. The molecule has 0 unspecified atom stereocenters. The number of amides is 1. The highest BCUT2D eigenvalue weighted by Crippen LogP contribution is 2.19. The summed E-state index contributed by atoms with van der Waals surface area (Å²) >= 11 is 1.06. The number of H-pyrrole nitrogens is 1. The van der Waals surface area contributed by atoms with Crippen LogP contribution in [0.15, 0.2) is 17.6 Å². The van der Waals surface area contributed by atoms with Crippen LogP contribution in [0.3, 0.4) is 0 Å². The Bertz CT molecular complexity index is 339. The quantitative estimate of drug-likeness (QED) is 0.801. The number of nitrogens with one attached hydrogen (secondary N) is 2. The van der Waals surface area contributed by atoms with Crippen LogP contribution in [0, 0.1) is 0 Å². The lowest BCUT2D eigenvalue weighted by Crippen LogP contribution is -2.38. The van der Waals surface area contributed by atoms with Gasteiger partial charge in [0.1, 0.15) is 6.54 Å². The van der Waals surface area contributed by atoms with E-state index in [1.807, 2.05) is 5.32 Å². The van der Waals surface area contributed by atoms with E-state index in [2.05, 4.69) is 9.97 Å². The number of hydrogen-bond donors (Lipinski definition) is 2. The number of hydrogen-bond acceptors (Lipinski definition) is 3. The molecule has 16 heavy (non-hydrogen) atoms. The first-order valence-corrected chi connectivity index (χ1v) is 5.27. The third-order valence-corrected chi connectivity index (χ3v) is 2.61. The van der Waals surface area contributed by atoms with Crippen LogP contribution < -0.4 is 5.32 Å². The number of halogens is 3. The van der Waals surface area contributed by atoms with E-state index in [9.17, 15) is 18.0 Å². The molecule has 1 amide bonds. The Labute approximate surface area is 94.0 Å². The summed E-state index contributed by atoms with van der Waals surface area (Å²) in [5.74, 6) is -0.668. The number of thioether (sulfide) groups is 1. The van der Waals surface area contributed by atoms with Gasteiger partial charge in [0.15, 0.2) is 5.16 Å². The molecule has 1 aromatic rings. The summed E-state index contributed by atoms with van der Waals surface area (Å²) in [6.07, 6.45) is -1.31. The van der Waals surface area contributed by atoms with Crippen molar-refractivity contribution in [3.05, 3.63) is 12.4 Å². The normalized spacial score (nSPS) is 13.5. The van der Waals surface area contributed by atoms with Crippen molar-refractivity contribution in [1.29, 1.82) is 0 Å². The number of carbonyl (C=O) groups excluding carboxylic acids is 1. The van der Waals surface area contributed by atoms with Crippen LogP contribution in [-0.2, 0) is 4.79 Å². The van der Waals surface area contributed by atoms with Crippen LogP contribution >= 0.6 is 11.8 Å². The zero-order valence-electron chi connectivity index (χ0n) is 8.34. The van der Waals surface area contributed by atoms with Gasteiger partial charge >= 0.3 is 6.18 Å². The molecule has 1 atom stereocenters. The summed E-state index contributed by atoms with van der Waals surface area (Å²) in [6, 6.07) is 0. The predicted molar refractivity (Wildman–Crippen MR) is 53.0 cm³/mol. The highest BCUT2D eigenvalue weighted by molar-refractivity contribution is 8.00. The number of imidazole rings is 1. The van der Waals surface area contributed by atoms with Gasteiger partial charge in [0.25, 0.3) is 0 Å². The molecule has 1 rings (SSSR count). The second kappa shape index (κ2) is 5.24. The fraction of sp³-hybridized carbons (Fsp3) is 0.500. The molecule has 0 aliphatic heterocycles. The Morgan fingerprint density at radius 2 is 2.38 bits per heavy atom. The Morgan fingerprint density at radius 3 is 2.88 bits per heavy atom. The molecular formula is C8H10F3N3OS. The number of carbonyl (C=O) groups is 1. The van der Waals surface area contributed by atoms with E-state index < -0.39 is 23.9 Å². The van der Waals surface area contributed by atoms with E-state index in [1.54, 1.807) is 6.20 Å². The van der Waals surface area contributed by atoms with Gasteiger partial charge in [-0.05, 0) is 6.92 Å². The van der Waals surface area contributed by atoms with Crippen molar-refractivity contribution in [1.82, 2.24) is 15.3 Å². The Kier molecular flexibility index (Phi) is 4.22. The van der Waals surface area contributed by atoms with Crippen LogP contribution in [-0.4, -0.2) is 33.8 Å². The molecule has 4 nitrogen and oxygen atoms in total. The lowest BCUT2D eigenvalue weighted by molar-refractivity contribution is -0.137. The average Bonchev–Trinajstić information content (AvgIpc) is 2.65. The smallest absolute Gasteiger partial charge is 0.346 e. The molecule has 8 heteroatoms. The van der Waals surface area contributed by atoms with Crippen LogP contribution in [0.2, 0.25) is 0 Å². The standard InChI is InChI=1S/C8H10F3N3OS/c1-5(16-7-12-2-3-13-7)6(15)14-4-8(9,10)11/h2-3,5H,4H2,1H3,(H,12,13)(H,14,15)/t5-/m0/s1. The van der Waals surface area contributed by atoms with Crippen LogP contribution in [0.4, 0.5) is 13.2 Å². The molecular weight excluding hydrogens is 243 g/mol. The topological polar surface area (TPSA) is 57.8 Å². The summed E-state index contributed by atoms with van der Waals surface area (Å²) in [7, 11) is 0. The van der Waals surface area contributed by atoms with Crippen LogP contribution in [0.5, 0.6) is 0 Å². The number of alkyl halides is 3. The van der Waals surface area contributed by atoms with E-state index in [0.29, 0.717) is 5.16 Å². The molecule has 0 aliphatic rings. The second-order valence-electron chi connectivity index (χ2n) is 2.99. The van der Waals surface area contributed by atoms with Crippen molar-refractivity contribution in [3.8, 4) is 0 Å². The molecule has 0 radical (unpaired) electrons. The third kappa shape index (κ3) is 4.56. The SMILES string of the molecule is C[C@H](Sc1ncc[nH]1)C(=O)NCC(F)(F)F. The molecule has 0 aromatic carbocycles. The maximum Gasteiger partial charge on any atom is 0.405 e. The van der Waals surface area contributed by atoms with Gasteiger partial charge in [0, 0.05) is 12.4 Å². The fourth-order valence-corrected chi connectivity index (χ4v) is 1.65. The highest BCUT2D eigenvalue weighted by Gasteiger charge is 2.28. The minimum Gasteiger partial charge on any atom is -0.346 e. The highest BCUT2D eigenvalue weighted by atomic mass is 32.2. The molecule has 0 saturated heterocycles. The Balaban J connectivity index is 2.37. The van der Waals surface area contributed by atoms with Gasteiger partial charge in [-0.1, -0.05) is 11.8 Å². The maximum absolute atomic E-state index is 11.8. The first-order chi connectivity index (χ1) is 7.38. The van der Waals surface area contributed by atoms with Crippen molar-refractivity contribution in [2.45, 2.75) is 23.5 Å². The molecule has 0 saturated carbocycles. The maximum atomic E-state index is 11.8. The lowest BCUT2D eigenvalue weighted by Gasteiger charge is -2.11. The predicted octanol–water partition coefficient (Wildman–Crippen LogP) is 1.57. The van der Waals surface area contributed by atoms with Crippen molar-refractivity contribution >= 4 is 17.7 Å². The minimum atomic E-state index is -4.38. The van der Waals surface area contributed by atoms with E-state index in [0.717, 1.165) is 11.8 Å². The van der Waals surface area contributed by atoms with Crippen molar-refractivity contribution in [3.63, 3.8) is 0 Å². The summed E-state index contributed by atoms with van der Waals surface area (Å²) < 4.78 is 35.4. The number of rotatable bonds is 4. The monoisotopic (exact) mass is 253 g/mol. The molecule has 1 aromatic heterocycles. The Hall–Kier alpha value is -1.18. The fourth-order valence-electron chi connectivity index (χ4n) is 0.867. The molecule has 0 bridgehead atoms. The van der Waals surface area contributed by atoms with Gasteiger partial charge < -0.3 is 10.3 Å². The number of aromatic nitrogens is 2. The largest absolute Gasteiger partial charge is 0.405 e. The van der Waals surface area contributed by atoms with Crippen molar-refractivity contribution in [2.75, 3.05) is 6.54 Å². The van der Waals surface area contributed by atoms with Gasteiger partial charge in [-0.2, -0.15) is 13.2 Å². The number of aromatic amines is 1. The van der Waals surface area contributed by atoms with Gasteiger partial charge in [-0.25, -0.2) is 4.98 Å². The van der Waals surface area contributed by atoms with Gasteiger partial charge in [0.2, 0.25) is 5.91 Å². The summed E-state index contributed by atoms with van der Waals surface area (Å²) in [5.41, 5.74) is 0. The second-order valence-corrected chi connectivity index (χ2v) is 4.32. The van der Waals surface area contributed by atoms with Gasteiger partial charge in [-0.3, -0.25) is 4.79 Å². The lowest BCUT2D eigenvalue weighted by atomic mass is 10.4. The van der Waals surface area contributed by atoms with E-state index in [4.69, 9.17) is 0 Å². The first-order valence-electron chi connectivity index (χ1n) is 4.39. The number of nitrogens with zero attached hydrogens (tertiary/aromatic N) is 1. The van der Waals surface area contributed by atoms with Crippen LogP contribution in [0.25, 0.3) is 0 Å². The minimum absolute atomic E-state index is 0.495. The van der Waals surface area contributed by atoms with E-state index in [-0.39, 0.29) is 0 Å². The zero-order chi connectivity index (χ0) is 12.2. The molecule has 2 N–H and O–H groups in total. The van der Waals surface area contributed by atoms with Crippen LogP contribution in [0.1, 0.15) is 6.92 Å². The molecule has 0 aliphatic carbocycles.